The third kappa shape index (κ3) is 3.14. The number of para-hydroxylation sites is 1. The van der Waals surface area contributed by atoms with Gasteiger partial charge in [0, 0.05) is 37.8 Å². The predicted molar refractivity (Wildman–Crippen MR) is 74.9 cm³/mol. The van der Waals surface area contributed by atoms with Gasteiger partial charge in [0.15, 0.2) is 11.6 Å². The van der Waals surface area contributed by atoms with E-state index in [1.165, 1.54) is 13.2 Å². The molecule has 0 amide bonds. The van der Waals surface area contributed by atoms with Crippen LogP contribution in [0.4, 0.5) is 4.39 Å². The van der Waals surface area contributed by atoms with Crippen molar-refractivity contribution in [2.75, 3.05) is 33.3 Å². The molecule has 0 radical (unpaired) electrons. The zero-order valence-electron chi connectivity index (χ0n) is 11.4. The lowest BCUT2D eigenvalue weighted by atomic mass is 9.99. The van der Waals surface area contributed by atoms with E-state index in [1.54, 1.807) is 6.07 Å². The molecule has 1 aromatic rings. The number of ether oxygens (including phenoxy) is 1. The maximum atomic E-state index is 13.8. The summed E-state index contributed by atoms with van der Waals surface area (Å²) < 4.78 is 19.1. The molecule has 1 atom stereocenters. The Morgan fingerprint density at radius 2 is 2.21 bits per heavy atom. The molecule has 0 saturated carbocycles. The molecule has 1 aliphatic heterocycles. The van der Waals surface area contributed by atoms with Crippen LogP contribution in [0, 0.1) is 5.82 Å². The molecule has 1 heterocycles. The monoisotopic (exact) mass is 264 g/mol. The maximum Gasteiger partial charge on any atom is 0.165 e. The Morgan fingerprint density at radius 1 is 1.47 bits per heavy atom. The van der Waals surface area contributed by atoms with Crippen LogP contribution in [0.5, 0.6) is 5.75 Å². The Balaban J connectivity index is 2.32. The molecule has 0 spiro atoms. The molecular weight excluding hydrogens is 243 g/mol. The third-order valence-electron chi connectivity index (χ3n) is 3.54. The number of nitrogens with zero attached hydrogens (tertiary/aromatic N) is 1. The molecule has 1 aliphatic rings. The second kappa shape index (κ2) is 6.68. The molecule has 1 aromatic carbocycles. The summed E-state index contributed by atoms with van der Waals surface area (Å²) in [7, 11) is 1.52. The van der Waals surface area contributed by atoms with Gasteiger partial charge in [-0.25, -0.2) is 4.39 Å². The van der Waals surface area contributed by atoms with Gasteiger partial charge in [0.25, 0.3) is 0 Å². The van der Waals surface area contributed by atoms with E-state index in [-0.39, 0.29) is 11.9 Å². The quantitative estimate of drug-likeness (QED) is 0.826. The second-order valence-electron chi connectivity index (χ2n) is 4.69. The molecule has 1 fully saturated rings. The molecule has 0 aromatic heterocycles. The van der Waals surface area contributed by atoms with E-state index in [0.29, 0.717) is 5.75 Å². The van der Waals surface area contributed by atoms with Gasteiger partial charge in [-0.1, -0.05) is 18.2 Å². The minimum Gasteiger partial charge on any atom is -0.493 e. The van der Waals surface area contributed by atoms with Crippen molar-refractivity contribution >= 4 is 0 Å². The van der Waals surface area contributed by atoms with Crippen LogP contribution in [0.25, 0.3) is 0 Å². The van der Waals surface area contributed by atoms with Gasteiger partial charge in [-0.15, -0.1) is 6.58 Å². The highest BCUT2D eigenvalue weighted by atomic mass is 19.1. The van der Waals surface area contributed by atoms with E-state index in [4.69, 9.17) is 4.74 Å². The van der Waals surface area contributed by atoms with Crippen LogP contribution in [-0.4, -0.2) is 38.2 Å². The smallest absolute Gasteiger partial charge is 0.165 e. The number of hydrogen-bond acceptors (Lipinski definition) is 3. The first kappa shape index (κ1) is 14.0. The highest BCUT2D eigenvalue weighted by Gasteiger charge is 2.24. The fourth-order valence-corrected chi connectivity index (χ4v) is 2.63. The van der Waals surface area contributed by atoms with Crippen molar-refractivity contribution < 1.29 is 9.13 Å². The Labute approximate surface area is 114 Å². The van der Waals surface area contributed by atoms with Crippen molar-refractivity contribution in [3.8, 4) is 5.75 Å². The van der Waals surface area contributed by atoms with Crippen LogP contribution < -0.4 is 10.1 Å². The SMILES string of the molecule is C=CC[C@@H](c1cccc(F)c1OC)N1CCNCC1. The molecule has 1 saturated heterocycles. The topological polar surface area (TPSA) is 24.5 Å². The number of nitrogens with one attached hydrogen (secondary N) is 1. The van der Waals surface area contributed by atoms with Crippen LogP contribution in [0.15, 0.2) is 30.9 Å². The summed E-state index contributed by atoms with van der Waals surface area (Å²) in [5, 5.41) is 3.33. The molecule has 0 unspecified atom stereocenters. The van der Waals surface area contributed by atoms with Crippen molar-refractivity contribution in [1.29, 1.82) is 0 Å². The molecule has 0 bridgehead atoms. The van der Waals surface area contributed by atoms with E-state index in [1.807, 2.05) is 12.1 Å². The lowest BCUT2D eigenvalue weighted by Crippen LogP contribution is -2.45. The van der Waals surface area contributed by atoms with Crippen molar-refractivity contribution in [1.82, 2.24) is 10.2 Å². The van der Waals surface area contributed by atoms with Crippen molar-refractivity contribution in [2.45, 2.75) is 12.5 Å². The largest absolute Gasteiger partial charge is 0.493 e. The molecule has 1 N–H and O–H groups in total. The summed E-state index contributed by atoms with van der Waals surface area (Å²) in [6, 6.07) is 5.25. The average molecular weight is 264 g/mol. The standard InChI is InChI=1S/C15H21FN2O/c1-3-5-14(18-10-8-17-9-11-18)12-6-4-7-13(16)15(12)19-2/h3-4,6-7,14,17H,1,5,8-11H2,2H3/t14-/m0/s1. The Bertz CT molecular complexity index is 430. The van der Waals surface area contributed by atoms with E-state index in [0.717, 1.165) is 38.2 Å². The minimum atomic E-state index is -0.302. The van der Waals surface area contributed by atoms with Crippen LogP contribution in [0.1, 0.15) is 18.0 Å². The van der Waals surface area contributed by atoms with Crippen molar-refractivity contribution in [2.24, 2.45) is 0 Å². The summed E-state index contributed by atoms with van der Waals surface area (Å²) in [4.78, 5) is 2.36. The summed E-state index contributed by atoms with van der Waals surface area (Å²) in [5.74, 6) is 0.0529. The van der Waals surface area contributed by atoms with Gasteiger partial charge in [-0.05, 0) is 12.5 Å². The fraction of sp³-hybridized carbons (Fsp3) is 0.467. The Kier molecular flexibility index (Phi) is 4.93. The van der Waals surface area contributed by atoms with E-state index in [9.17, 15) is 4.39 Å². The third-order valence-corrected chi connectivity index (χ3v) is 3.54. The first-order valence-electron chi connectivity index (χ1n) is 6.66. The first-order chi connectivity index (χ1) is 9.27. The first-order valence-corrected chi connectivity index (χ1v) is 6.66. The average Bonchev–Trinajstić information content (AvgIpc) is 2.45. The lowest BCUT2D eigenvalue weighted by Gasteiger charge is -2.35. The molecule has 2 rings (SSSR count). The summed E-state index contributed by atoms with van der Waals surface area (Å²) >= 11 is 0. The Morgan fingerprint density at radius 3 is 2.84 bits per heavy atom. The van der Waals surface area contributed by atoms with Gasteiger partial charge in [0.2, 0.25) is 0 Å². The normalized spacial score (nSPS) is 18.0. The number of rotatable bonds is 5. The van der Waals surface area contributed by atoms with E-state index < -0.39 is 0 Å². The summed E-state index contributed by atoms with van der Waals surface area (Å²) in [6.45, 7) is 7.66. The highest BCUT2D eigenvalue weighted by Crippen LogP contribution is 2.34. The van der Waals surface area contributed by atoms with Crippen molar-refractivity contribution in [3.63, 3.8) is 0 Å². The number of halogens is 1. The number of piperazine rings is 1. The highest BCUT2D eigenvalue weighted by molar-refractivity contribution is 5.37. The van der Waals surface area contributed by atoms with Crippen molar-refractivity contribution in [3.05, 3.63) is 42.2 Å². The minimum absolute atomic E-state index is 0.130. The van der Waals surface area contributed by atoms with Gasteiger partial charge < -0.3 is 10.1 Å². The van der Waals surface area contributed by atoms with Gasteiger partial charge >= 0.3 is 0 Å². The summed E-state index contributed by atoms with van der Waals surface area (Å²) in [5.41, 5.74) is 0.907. The number of methoxy groups -OCH3 is 1. The molecule has 4 heteroatoms. The van der Waals surface area contributed by atoms with Gasteiger partial charge in [0.1, 0.15) is 0 Å². The van der Waals surface area contributed by atoms with Crippen LogP contribution >= 0.6 is 0 Å². The fourth-order valence-electron chi connectivity index (χ4n) is 2.63. The van der Waals surface area contributed by atoms with Gasteiger partial charge in [0.05, 0.1) is 7.11 Å². The predicted octanol–water partition coefficient (Wildman–Crippen LogP) is 2.36. The van der Waals surface area contributed by atoms with Crippen LogP contribution in [-0.2, 0) is 0 Å². The van der Waals surface area contributed by atoms with E-state index >= 15 is 0 Å². The van der Waals surface area contributed by atoms with Crippen LogP contribution in [0.3, 0.4) is 0 Å². The second-order valence-corrected chi connectivity index (χ2v) is 4.69. The lowest BCUT2D eigenvalue weighted by molar-refractivity contribution is 0.171. The van der Waals surface area contributed by atoms with E-state index in [2.05, 4.69) is 16.8 Å². The van der Waals surface area contributed by atoms with Crippen LogP contribution in [0.2, 0.25) is 0 Å². The maximum absolute atomic E-state index is 13.8. The zero-order valence-corrected chi connectivity index (χ0v) is 11.4. The van der Waals surface area contributed by atoms with Gasteiger partial charge in [-0.3, -0.25) is 4.90 Å². The molecule has 104 valence electrons. The molecular formula is C15H21FN2O. The molecule has 0 aliphatic carbocycles. The molecule has 3 nitrogen and oxygen atoms in total. The number of hydrogen-bond donors (Lipinski definition) is 1. The Hall–Kier alpha value is -1.39. The van der Waals surface area contributed by atoms with Gasteiger partial charge in [-0.2, -0.15) is 0 Å². The summed E-state index contributed by atoms with van der Waals surface area (Å²) in [6.07, 6.45) is 2.68. The number of benzene rings is 1. The zero-order chi connectivity index (χ0) is 13.7. The molecule has 19 heavy (non-hydrogen) atoms.